The fraction of sp³-hybridized carbons (Fsp3) is 0.133. The summed E-state index contributed by atoms with van der Waals surface area (Å²) in [4.78, 5) is 15.9. The molecule has 0 bridgehead atoms. The number of aryl methyl sites for hydroxylation is 1. The molecule has 1 aromatic carbocycles. The van der Waals surface area contributed by atoms with E-state index in [-0.39, 0.29) is 29.2 Å². The largest absolute Gasteiger partial charge is 0.507 e. The van der Waals surface area contributed by atoms with Gasteiger partial charge >= 0.3 is 0 Å². The number of aliphatic hydroxyl groups is 1. The molecule has 0 saturated carbocycles. The first-order valence-electron chi connectivity index (χ1n) is 6.54. The smallest absolute Gasteiger partial charge is 0.275 e. The van der Waals surface area contributed by atoms with Crippen molar-refractivity contribution in [3.63, 3.8) is 0 Å². The molecular weight excluding hydrogens is 366 g/mol. The van der Waals surface area contributed by atoms with E-state index in [2.05, 4.69) is 31.4 Å². The van der Waals surface area contributed by atoms with E-state index >= 15 is 0 Å². The lowest BCUT2D eigenvalue weighted by Gasteiger charge is -2.07. The van der Waals surface area contributed by atoms with Gasteiger partial charge in [-0.05, 0) is 25.1 Å². The summed E-state index contributed by atoms with van der Waals surface area (Å²) in [5.41, 5.74) is 3.31. The summed E-state index contributed by atoms with van der Waals surface area (Å²) in [6.07, 6.45) is 2.63. The van der Waals surface area contributed by atoms with Crippen molar-refractivity contribution in [3.05, 3.63) is 51.3 Å². The van der Waals surface area contributed by atoms with Gasteiger partial charge in [-0.2, -0.15) is 5.10 Å². The van der Waals surface area contributed by atoms with Crippen molar-refractivity contribution in [3.8, 4) is 11.5 Å². The maximum absolute atomic E-state index is 12.0. The van der Waals surface area contributed by atoms with E-state index < -0.39 is 5.91 Å². The zero-order valence-corrected chi connectivity index (χ0v) is 13.7. The fourth-order valence-electron chi connectivity index (χ4n) is 1.83. The molecule has 2 rings (SSSR count). The number of nitrogens with zero attached hydrogens (tertiary/aromatic N) is 2. The van der Waals surface area contributed by atoms with Crippen LogP contribution < -0.4 is 5.43 Å². The molecule has 7 nitrogen and oxygen atoms in total. The van der Waals surface area contributed by atoms with E-state index in [9.17, 15) is 20.1 Å². The molecule has 0 radical (unpaired) electrons. The number of phenolic OH excluding ortho intramolecular Hbond substituents is 1. The number of aliphatic hydroxyl groups excluding tert-OH is 1. The number of aromatic nitrogens is 1. The summed E-state index contributed by atoms with van der Waals surface area (Å²) in [5.74, 6) is -0.921. The van der Waals surface area contributed by atoms with Gasteiger partial charge < -0.3 is 15.3 Å². The topological polar surface area (TPSA) is 115 Å². The normalized spacial score (nSPS) is 10.9. The molecule has 0 atom stereocenters. The van der Waals surface area contributed by atoms with Gasteiger partial charge in [0, 0.05) is 21.8 Å². The number of hydrogen-bond donors (Lipinski definition) is 4. The van der Waals surface area contributed by atoms with Gasteiger partial charge in [-0.15, -0.1) is 0 Å². The van der Waals surface area contributed by atoms with Gasteiger partial charge in [0.15, 0.2) is 0 Å². The Hall–Kier alpha value is -2.45. The molecule has 4 N–H and O–H groups in total. The number of carbonyl (C=O) groups is 1. The van der Waals surface area contributed by atoms with Crippen molar-refractivity contribution in [2.24, 2.45) is 5.10 Å². The van der Waals surface area contributed by atoms with E-state index in [4.69, 9.17) is 0 Å². The fourth-order valence-corrected chi connectivity index (χ4v) is 2.19. The Bertz CT molecular complexity index is 778. The zero-order valence-electron chi connectivity index (χ0n) is 12.1. The maximum atomic E-state index is 12.0. The predicted molar refractivity (Wildman–Crippen MR) is 87.4 cm³/mol. The molecule has 8 heteroatoms. The molecule has 0 fully saturated rings. The van der Waals surface area contributed by atoms with Crippen molar-refractivity contribution in [1.82, 2.24) is 10.4 Å². The molecular formula is C15H14BrN3O4. The SMILES string of the molecule is Cc1ncc(CO)c(/C=N/NC(=O)c2cc(Br)ccc2O)c1O. The molecule has 0 unspecified atom stereocenters. The van der Waals surface area contributed by atoms with Gasteiger partial charge in [-0.1, -0.05) is 15.9 Å². The molecule has 120 valence electrons. The van der Waals surface area contributed by atoms with Crippen LogP contribution in [0, 0.1) is 6.92 Å². The van der Waals surface area contributed by atoms with E-state index in [1.807, 2.05) is 0 Å². The van der Waals surface area contributed by atoms with Crippen LogP contribution in [0.25, 0.3) is 0 Å². The third kappa shape index (κ3) is 3.85. The second kappa shape index (κ2) is 7.21. The van der Waals surface area contributed by atoms with Crippen LogP contribution in [0.1, 0.15) is 27.2 Å². The standard InChI is InChI=1S/C15H14BrN3O4/c1-8-14(22)12(9(7-20)5-17-8)6-18-19-15(23)11-4-10(16)2-3-13(11)21/h2-6,20-22H,7H2,1H3,(H,19,23)/b18-6+. The minimum atomic E-state index is -0.615. The first kappa shape index (κ1) is 16.9. The quantitative estimate of drug-likeness (QED) is 0.477. The molecule has 0 aliphatic heterocycles. The van der Waals surface area contributed by atoms with E-state index in [1.54, 1.807) is 13.0 Å². The summed E-state index contributed by atoms with van der Waals surface area (Å²) < 4.78 is 0.634. The molecule has 0 aliphatic carbocycles. The number of halogens is 1. The highest BCUT2D eigenvalue weighted by molar-refractivity contribution is 9.10. The number of nitrogens with one attached hydrogen (secondary N) is 1. The molecule has 0 spiro atoms. The number of rotatable bonds is 4. The van der Waals surface area contributed by atoms with Gasteiger partial charge in [0.1, 0.15) is 11.5 Å². The van der Waals surface area contributed by atoms with Crippen LogP contribution in [-0.4, -0.2) is 32.4 Å². The van der Waals surface area contributed by atoms with Crippen LogP contribution in [-0.2, 0) is 6.61 Å². The number of amides is 1. The van der Waals surface area contributed by atoms with Gasteiger partial charge in [0.05, 0.1) is 24.1 Å². The van der Waals surface area contributed by atoms with Crippen LogP contribution >= 0.6 is 15.9 Å². The van der Waals surface area contributed by atoms with Crippen LogP contribution in [0.2, 0.25) is 0 Å². The number of aromatic hydroxyl groups is 2. The number of benzene rings is 1. The van der Waals surface area contributed by atoms with E-state index in [0.717, 1.165) is 0 Å². The first-order chi connectivity index (χ1) is 10.9. The van der Waals surface area contributed by atoms with E-state index in [0.29, 0.717) is 15.7 Å². The summed E-state index contributed by atoms with van der Waals surface area (Å²) in [6, 6.07) is 4.43. The third-order valence-corrected chi connectivity index (χ3v) is 3.58. The molecule has 0 aliphatic rings. The Morgan fingerprint density at radius 1 is 1.43 bits per heavy atom. The minimum Gasteiger partial charge on any atom is -0.507 e. The number of hydrazone groups is 1. The lowest BCUT2D eigenvalue weighted by atomic mass is 10.1. The Balaban J connectivity index is 2.21. The highest BCUT2D eigenvalue weighted by Gasteiger charge is 2.12. The third-order valence-electron chi connectivity index (χ3n) is 3.09. The van der Waals surface area contributed by atoms with Gasteiger partial charge in [0.2, 0.25) is 0 Å². The predicted octanol–water partition coefficient (Wildman–Crippen LogP) is 1.82. The summed E-state index contributed by atoms with van der Waals surface area (Å²) >= 11 is 3.21. The number of phenols is 1. The highest BCUT2D eigenvalue weighted by Crippen LogP contribution is 2.23. The number of pyridine rings is 1. The Labute approximate surface area is 140 Å². The van der Waals surface area contributed by atoms with Crippen molar-refractivity contribution in [2.45, 2.75) is 13.5 Å². The minimum absolute atomic E-state index is 0.0500. The van der Waals surface area contributed by atoms with Crippen molar-refractivity contribution < 1.29 is 20.1 Å². The first-order valence-corrected chi connectivity index (χ1v) is 7.33. The van der Waals surface area contributed by atoms with Crippen LogP contribution in [0.3, 0.4) is 0 Å². The maximum Gasteiger partial charge on any atom is 0.275 e. The monoisotopic (exact) mass is 379 g/mol. The van der Waals surface area contributed by atoms with Gasteiger partial charge in [-0.25, -0.2) is 5.43 Å². The average molecular weight is 380 g/mol. The molecule has 0 saturated heterocycles. The van der Waals surface area contributed by atoms with Crippen LogP contribution in [0.15, 0.2) is 34.0 Å². The Morgan fingerprint density at radius 2 is 2.17 bits per heavy atom. The van der Waals surface area contributed by atoms with Crippen molar-refractivity contribution in [2.75, 3.05) is 0 Å². The van der Waals surface area contributed by atoms with Crippen molar-refractivity contribution in [1.29, 1.82) is 0 Å². The van der Waals surface area contributed by atoms with Crippen LogP contribution in [0.5, 0.6) is 11.5 Å². The second-order valence-electron chi connectivity index (χ2n) is 4.65. The summed E-state index contributed by atoms with van der Waals surface area (Å²) in [5, 5.41) is 32.6. The van der Waals surface area contributed by atoms with Gasteiger partial charge in [0.25, 0.3) is 5.91 Å². The van der Waals surface area contributed by atoms with Gasteiger partial charge in [-0.3, -0.25) is 9.78 Å². The van der Waals surface area contributed by atoms with E-state index in [1.165, 1.54) is 24.5 Å². The number of hydrogen-bond acceptors (Lipinski definition) is 6. The lowest BCUT2D eigenvalue weighted by Crippen LogP contribution is -2.18. The molecule has 2 aromatic rings. The van der Waals surface area contributed by atoms with Crippen molar-refractivity contribution >= 4 is 28.1 Å². The zero-order chi connectivity index (χ0) is 17.0. The number of carbonyl (C=O) groups excluding carboxylic acids is 1. The lowest BCUT2D eigenvalue weighted by molar-refractivity contribution is 0.0952. The molecule has 1 amide bonds. The summed E-state index contributed by atoms with van der Waals surface area (Å²) in [6.45, 7) is 1.27. The second-order valence-corrected chi connectivity index (χ2v) is 5.57. The highest BCUT2D eigenvalue weighted by atomic mass is 79.9. The molecule has 23 heavy (non-hydrogen) atoms. The molecule has 1 heterocycles. The average Bonchev–Trinajstić information content (AvgIpc) is 2.53. The Morgan fingerprint density at radius 3 is 2.87 bits per heavy atom. The molecule has 1 aromatic heterocycles. The Kier molecular flexibility index (Phi) is 5.30. The summed E-state index contributed by atoms with van der Waals surface area (Å²) in [7, 11) is 0. The van der Waals surface area contributed by atoms with Crippen LogP contribution in [0.4, 0.5) is 0 Å².